The van der Waals surface area contributed by atoms with Gasteiger partial charge in [-0.15, -0.1) is 9.82 Å². The molecule has 0 fully saturated rings. The van der Waals surface area contributed by atoms with Gasteiger partial charge in [0.2, 0.25) is 0 Å². The van der Waals surface area contributed by atoms with Crippen molar-refractivity contribution in [2.24, 2.45) is 0 Å². The topological polar surface area (TPSA) is 82.0 Å². The van der Waals surface area contributed by atoms with Crippen LogP contribution in [0.25, 0.3) is 0 Å². The molecule has 0 saturated carbocycles. The van der Waals surface area contributed by atoms with Crippen LogP contribution in [0.4, 0.5) is 10.5 Å². The molecule has 2 aliphatic rings. The summed E-state index contributed by atoms with van der Waals surface area (Å²) in [5.41, 5.74) is 7.27. The summed E-state index contributed by atoms with van der Waals surface area (Å²) in [5, 5.41) is 7.79. The van der Waals surface area contributed by atoms with Crippen LogP contribution in [-0.2, 0) is 37.0 Å². The van der Waals surface area contributed by atoms with E-state index in [0.29, 0.717) is 5.03 Å². The zero-order valence-corrected chi connectivity index (χ0v) is 18.4. The fraction of sp³-hybridized carbons (Fsp3) is 0.333. The number of aryl methyl sites for hydroxylation is 2. The van der Waals surface area contributed by atoms with Crippen molar-refractivity contribution in [1.29, 1.82) is 0 Å². The van der Waals surface area contributed by atoms with Gasteiger partial charge in [-0.1, -0.05) is 36.4 Å². The van der Waals surface area contributed by atoms with Crippen molar-refractivity contribution < 1.29 is 9.35 Å². The Balaban J connectivity index is 1.29. The largest absolute Gasteiger partial charge is 0.586 e. The number of carbonyl (C=O) groups is 1. The van der Waals surface area contributed by atoms with Crippen LogP contribution in [0.1, 0.15) is 53.6 Å². The molecule has 2 atom stereocenters. The highest BCUT2D eigenvalue weighted by Gasteiger charge is 2.27. The molecule has 2 amide bonds. The zero-order chi connectivity index (χ0) is 21.4. The average Bonchev–Trinajstić information content (AvgIpc) is 3.53. The molecule has 2 aromatic carbocycles. The van der Waals surface area contributed by atoms with Crippen molar-refractivity contribution in [3.63, 3.8) is 0 Å². The number of nitrogens with zero attached hydrogens (tertiary/aromatic N) is 2. The van der Waals surface area contributed by atoms with E-state index in [-0.39, 0.29) is 6.04 Å². The van der Waals surface area contributed by atoms with Gasteiger partial charge in [-0.05, 0) is 73.3 Å². The van der Waals surface area contributed by atoms with Gasteiger partial charge in [0.1, 0.15) is 11.4 Å². The lowest BCUT2D eigenvalue weighted by molar-refractivity contribution is 0.256. The summed E-state index contributed by atoms with van der Waals surface area (Å²) in [6.45, 7) is 2.03. The predicted octanol–water partition coefficient (Wildman–Crippen LogP) is 4.31. The van der Waals surface area contributed by atoms with Crippen molar-refractivity contribution in [2.75, 3.05) is 5.32 Å². The molecular weight excluding hydrogens is 408 g/mol. The summed E-state index contributed by atoms with van der Waals surface area (Å²) in [5.74, 6) is 0. The highest BCUT2D eigenvalue weighted by atomic mass is 32.2. The molecule has 2 N–H and O–H groups in total. The second-order valence-corrected chi connectivity index (χ2v) is 9.44. The van der Waals surface area contributed by atoms with E-state index in [1.807, 2.05) is 37.3 Å². The van der Waals surface area contributed by atoms with Crippen molar-refractivity contribution in [3.05, 3.63) is 76.5 Å². The second-order valence-electron chi connectivity index (χ2n) is 8.28. The zero-order valence-electron chi connectivity index (χ0n) is 17.6. The molecule has 2 unspecified atom stereocenters. The van der Waals surface area contributed by atoms with Crippen LogP contribution in [-0.4, -0.2) is 20.4 Å². The minimum atomic E-state index is -1.73. The van der Waals surface area contributed by atoms with E-state index in [4.69, 9.17) is 0 Å². The number of anilines is 1. The van der Waals surface area contributed by atoms with Crippen molar-refractivity contribution in [2.45, 2.75) is 56.5 Å². The first-order valence-corrected chi connectivity index (χ1v) is 12.0. The number of carbonyl (C=O) groups excluding carboxylic acids is 1. The Kier molecular flexibility index (Phi) is 5.46. The molecular formula is C24H26N4O2S. The number of aromatic nitrogens is 2. The maximum absolute atomic E-state index is 12.7. The summed E-state index contributed by atoms with van der Waals surface area (Å²) >= 11 is -1.73. The van der Waals surface area contributed by atoms with Gasteiger partial charge in [0, 0.05) is 18.0 Å². The quantitative estimate of drug-likeness (QED) is 0.587. The van der Waals surface area contributed by atoms with Crippen LogP contribution in [0, 0.1) is 0 Å². The molecule has 0 bridgehead atoms. The molecule has 3 aromatic rings. The Hall–Kier alpha value is -2.77. The lowest BCUT2D eigenvalue weighted by atomic mass is 9.99. The standard InChI is InChI=1S/C24H26N4O2S/c1-16(17-7-3-2-4-8-17)28-14-13-22(26-28)31(30)27-24(29)25-23-20-11-5-9-18(20)15-19-10-6-12-21(19)23/h2-4,7-8,13-16H,5-6,9-12H2,1H3,(H2,25,27,29). The maximum atomic E-state index is 12.7. The molecule has 1 heterocycles. The van der Waals surface area contributed by atoms with E-state index in [1.165, 1.54) is 22.3 Å². The first kappa shape index (κ1) is 20.2. The second kappa shape index (κ2) is 8.40. The van der Waals surface area contributed by atoms with E-state index in [9.17, 15) is 9.35 Å². The number of nitrogens with one attached hydrogen (secondary N) is 2. The Bertz CT molecular complexity index is 1080. The molecule has 2 aliphatic carbocycles. The summed E-state index contributed by atoms with van der Waals surface area (Å²) in [7, 11) is 0. The van der Waals surface area contributed by atoms with Crippen LogP contribution in [0.5, 0.6) is 0 Å². The van der Waals surface area contributed by atoms with Crippen LogP contribution < -0.4 is 10.0 Å². The number of amides is 2. The summed E-state index contributed by atoms with van der Waals surface area (Å²) in [6.07, 6.45) is 8.16. The lowest BCUT2D eigenvalue weighted by Gasteiger charge is -2.16. The third kappa shape index (κ3) is 3.95. The number of urea groups is 1. The van der Waals surface area contributed by atoms with E-state index in [2.05, 4.69) is 21.2 Å². The van der Waals surface area contributed by atoms with Crippen LogP contribution in [0.3, 0.4) is 0 Å². The fourth-order valence-electron chi connectivity index (χ4n) is 4.76. The number of fused-ring (bicyclic) bond motifs is 2. The average molecular weight is 435 g/mol. The SMILES string of the molecule is CC(c1ccccc1)n1ccc([S+]([O-])NC(=O)Nc2c3c(cc4c2CCC4)CCC3)n1. The van der Waals surface area contributed by atoms with Crippen molar-refractivity contribution >= 4 is 23.1 Å². The number of hydrogen-bond acceptors (Lipinski definition) is 3. The van der Waals surface area contributed by atoms with E-state index in [1.54, 1.807) is 16.9 Å². The minimum absolute atomic E-state index is 0.00951. The minimum Gasteiger partial charge on any atom is -0.586 e. The van der Waals surface area contributed by atoms with Gasteiger partial charge in [0.05, 0.1) is 6.04 Å². The fourth-order valence-corrected chi connectivity index (χ4v) is 5.44. The number of rotatable bonds is 5. The normalized spacial score (nSPS) is 16.5. The molecule has 0 aliphatic heterocycles. The summed E-state index contributed by atoms with van der Waals surface area (Å²) < 4.78 is 17.1. The maximum Gasteiger partial charge on any atom is 0.361 e. The Morgan fingerprint density at radius 3 is 2.42 bits per heavy atom. The van der Waals surface area contributed by atoms with Crippen molar-refractivity contribution in [1.82, 2.24) is 14.5 Å². The van der Waals surface area contributed by atoms with Gasteiger partial charge in [-0.2, -0.15) is 0 Å². The van der Waals surface area contributed by atoms with E-state index in [0.717, 1.165) is 49.8 Å². The van der Waals surface area contributed by atoms with Gasteiger partial charge >= 0.3 is 6.03 Å². The Morgan fingerprint density at radius 1 is 1.06 bits per heavy atom. The molecule has 7 heteroatoms. The van der Waals surface area contributed by atoms with E-state index < -0.39 is 17.4 Å². The molecule has 1 aromatic heterocycles. The third-order valence-electron chi connectivity index (χ3n) is 6.35. The molecule has 0 spiro atoms. The van der Waals surface area contributed by atoms with Gasteiger partial charge in [-0.3, -0.25) is 4.68 Å². The van der Waals surface area contributed by atoms with Crippen LogP contribution >= 0.6 is 0 Å². The summed E-state index contributed by atoms with van der Waals surface area (Å²) in [4.78, 5) is 12.7. The Labute approximate surface area is 185 Å². The molecule has 160 valence electrons. The number of hydrogen-bond donors (Lipinski definition) is 2. The highest BCUT2D eigenvalue weighted by molar-refractivity contribution is 7.90. The van der Waals surface area contributed by atoms with Gasteiger partial charge in [0.15, 0.2) is 0 Å². The third-order valence-corrected chi connectivity index (χ3v) is 7.32. The van der Waals surface area contributed by atoms with Gasteiger partial charge < -0.3 is 9.87 Å². The lowest BCUT2D eigenvalue weighted by Crippen LogP contribution is -2.35. The van der Waals surface area contributed by atoms with Crippen molar-refractivity contribution in [3.8, 4) is 0 Å². The summed E-state index contributed by atoms with van der Waals surface area (Å²) in [6, 6.07) is 13.6. The molecule has 0 radical (unpaired) electrons. The monoisotopic (exact) mass is 434 g/mol. The smallest absolute Gasteiger partial charge is 0.361 e. The van der Waals surface area contributed by atoms with Gasteiger partial charge in [-0.25, -0.2) is 4.79 Å². The molecule has 0 saturated heterocycles. The molecule has 5 rings (SSSR count). The van der Waals surface area contributed by atoms with Crippen LogP contribution in [0.2, 0.25) is 0 Å². The Morgan fingerprint density at radius 2 is 1.74 bits per heavy atom. The highest BCUT2D eigenvalue weighted by Crippen LogP contribution is 2.38. The predicted molar refractivity (Wildman–Crippen MR) is 122 cm³/mol. The first-order valence-electron chi connectivity index (χ1n) is 10.9. The van der Waals surface area contributed by atoms with Crippen LogP contribution in [0.15, 0.2) is 53.7 Å². The van der Waals surface area contributed by atoms with E-state index >= 15 is 0 Å². The van der Waals surface area contributed by atoms with Gasteiger partial charge in [0.25, 0.3) is 5.03 Å². The molecule has 31 heavy (non-hydrogen) atoms. The number of benzene rings is 2. The first-order chi connectivity index (χ1) is 15.1. The molecule has 6 nitrogen and oxygen atoms in total.